The third-order valence-electron chi connectivity index (χ3n) is 4.74. The third kappa shape index (κ3) is 4.29. The Bertz CT molecular complexity index is 301. The van der Waals surface area contributed by atoms with E-state index in [0.717, 1.165) is 19.4 Å². The van der Waals surface area contributed by atoms with E-state index in [1.165, 1.54) is 12.8 Å². The van der Waals surface area contributed by atoms with Crippen LogP contribution in [0, 0.1) is 11.3 Å². The topological polar surface area (TPSA) is 29.1 Å². The van der Waals surface area contributed by atoms with Crippen molar-refractivity contribution in [2.45, 2.75) is 83.8 Å². The minimum atomic E-state index is -0.724. The predicted octanol–water partition coefficient (Wildman–Crippen LogP) is 3.73. The summed E-state index contributed by atoms with van der Waals surface area (Å²) in [6.07, 6.45) is 4.73. The average Bonchev–Trinajstić information content (AvgIpc) is 2.34. The molecule has 0 aromatic carbocycles. The molecule has 0 heterocycles. The average molecular weight is 288 g/mol. The van der Waals surface area contributed by atoms with Crippen molar-refractivity contribution in [1.29, 1.82) is 0 Å². The van der Waals surface area contributed by atoms with Gasteiger partial charge in [-0.25, -0.2) is 0 Å². The maximum atomic E-state index is 12.9. The predicted molar refractivity (Wildman–Crippen MR) is 85.9 cm³/mol. The maximum absolute atomic E-state index is 12.9. The Kier molecular flexibility index (Phi) is 6.52. The van der Waals surface area contributed by atoms with Gasteiger partial charge >= 0.3 is 0 Å². The molecule has 0 bridgehead atoms. The molecule has 1 aliphatic carbocycles. The molecule has 1 rings (SSSR count). The minimum Gasteiger partial charge on any atom is -0.312 e. The van der Waals surface area contributed by atoms with Gasteiger partial charge in [-0.3, -0.25) is 4.21 Å². The summed E-state index contributed by atoms with van der Waals surface area (Å²) in [4.78, 5) is 0. The quantitative estimate of drug-likeness (QED) is 0.806. The summed E-state index contributed by atoms with van der Waals surface area (Å²) in [6.45, 7) is 14.4. The van der Waals surface area contributed by atoms with Crippen molar-refractivity contribution in [3.8, 4) is 0 Å². The fourth-order valence-electron chi connectivity index (χ4n) is 3.09. The van der Waals surface area contributed by atoms with Gasteiger partial charge in [-0.1, -0.05) is 48.0 Å². The summed E-state index contributed by atoms with van der Waals surface area (Å²) in [5.41, 5.74) is 0.268. The van der Waals surface area contributed by atoms with Crippen LogP contribution in [0.2, 0.25) is 0 Å². The molecule has 0 amide bonds. The lowest BCUT2D eigenvalue weighted by molar-refractivity contribution is 0.172. The van der Waals surface area contributed by atoms with E-state index in [2.05, 4.69) is 46.9 Å². The van der Waals surface area contributed by atoms with Crippen molar-refractivity contribution in [1.82, 2.24) is 5.32 Å². The smallest absolute Gasteiger partial charge is 0.0509 e. The zero-order valence-corrected chi connectivity index (χ0v) is 14.5. The molecule has 0 aromatic heterocycles. The zero-order valence-electron chi connectivity index (χ0n) is 13.7. The highest BCUT2D eigenvalue weighted by Crippen LogP contribution is 2.39. The van der Waals surface area contributed by atoms with Gasteiger partial charge in [0.25, 0.3) is 0 Å². The third-order valence-corrected chi connectivity index (χ3v) is 7.12. The summed E-state index contributed by atoms with van der Waals surface area (Å²) in [5, 5.41) is 4.32. The van der Waals surface area contributed by atoms with Crippen molar-refractivity contribution in [2.75, 3.05) is 6.54 Å². The number of rotatable bonds is 6. The molecule has 0 saturated heterocycles. The summed E-state index contributed by atoms with van der Waals surface area (Å²) in [6, 6.07) is 0.406. The first-order valence-corrected chi connectivity index (χ1v) is 9.21. The Morgan fingerprint density at radius 1 is 1.32 bits per heavy atom. The van der Waals surface area contributed by atoms with Crippen molar-refractivity contribution < 1.29 is 4.21 Å². The van der Waals surface area contributed by atoms with E-state index in [0.29, 0.717) is 22.5 Å². The van der Waals surface area contributed by atoms with E-state index in [4.69, 9.17) is 0 Å². The summed E-state index contributed by atoms with van der Waals surface area (Å²) >= 11 is 0. The highest BCUT2D eigenvalue weighted by Gasteiger charge is 2.42. The number of hydrogen-bond acceptors (Lipinski definition) is 2. The van der Waals surface area contributed by atoms with Crippen LogP contribution in [0.15, 0.2) is 0 Å². The largest absolute Gasteiger partial charge is 0.312 e. The molecule has 114 valence electrons. The van der Waals surface area contributed by atoms with Crippen LogP contribution in [0.1, 0.15) is 67.2 Å². The van der Waals surface area contributed by atoms with E-state index in [1.807, 2.05) is 0 Å². The lowest BCUT2D eigenvalue weighted by Crippen LogP contribution is -2.55. The maximum Gasteiger partial charge on any atom is 0.0509 e. The lowest BCUT2D eigenvalue weighted by atomic mass is 9.73. The van der Waals surface area contributed by atoms with Gasteiger partial charge in [0.2, 0.25) is 0 Å². The fraction of sp³-hybridized carbons (Fsp3) is 1.00. The molecule has 0 spiro atoms. The highest BCUT2D eigenvalue weighted by molar-refractivity contribution is 7.86. The van der Waals surface area contributed by atoms with E-state index in [-0.39, 0.29) is 5.41 Å². The number of nitrogens with one attached hydrogen (secondary N) is 1. The first kappa shape index (κ1) is 17.2. The van der Waals surface area contributed by atoms with E-state index in [1.54, 1.807) is 0 Å². The minimum absolute atomic E-state index is 0.268. The van der Waals surface area contributed by atoms with E-state index < -0.39 is 10.8 Å². The van der Waals surface area contributed by atoms with Crippen LogP contribution in [0.5, 0.6) is 0 Å². The molecule has 1 N–H and O–H groups in total. The first-order valence-electron chi connectivity index (χ1n) is 7.94. The zero-order chi connectivity index (χ0) is 14.6. The summed E-state index contributed by atoms with van der Waals surface area (Å²) in [5.74, 6) is 0.498. The van der Waals surface area contributed by atoms with Crippen molar-refractivity contribution in [2.24, 2.45) is 11.3 Å². The van der Waals surface area contributed by atoms with Crippen molar-refractivity contribution in [3.05, 3.63) is 0 Å². The molecule has 4 unspecified atom stereocenters. The van der Waals surface area contributed by atoms with E-state index in [9.17, 15) is 4.21 Å². The Morgan fingerprint density at radius 2 is 1.95 bits per heavy atom. The van der Waals surface area contributed by atoms with Gasteiger partial charge in [-0.2, -0.15) is 0 Å². The van der Waals surface area contributed by atoms with Crippen molar-refractivity contribution in [3.63, 3.8) is 0 Å². The first-order chi connectivity index (χ1) is 8.81. The second kappa shape index (κ2) is 7.21. The molecule has 0 aromatic rings. The Morgan fingerprint density at radius 3 is 2.47 bits per heavy atom. The highest BCUT2D eigenvalue weighted by atomic mass is 32.2. The van der Waals surface area contributed by atoms with Gasteiger partial charge in [0.05, 0.1) is 5.25 Å². The van der Waals surface area contributed by atoms with Crippen LogP contribution in [0.4, 0.5) is 0 Å². The van der Waals surface area contributed by atoms with Gasteiger partial charge in [0.15, 0.2) is 0 Å². The second-order valence-corrected chi connectivity index (χ2v) is 9.13. The van der Waals surface area contributed by atoms with Gasteiger partial charge in [0, 0.05) is 22.1 Å². The lowest BCUT2D eigenvalue weighted by Gasteiger charge is -2.45. The molecule has 1 fully saturated rings. The SMILES string of the molecule is CCCNC1C(S(=O)C(C)C(C)C)CCCC1(C)C. The van der Waals surface area contributed by atoms with Gasteiger partial charge in [-0.05, 0) is 37.1 Å². The molecular weight excluding hydrogens is 254 g/mol. The fourth-order valence-corrected chi connectivity index (χ4v) is 5.31. The molecule has 19 heavy (non-hydrogen) atoms. The summed E-state index contributed by atoms with van der Waals surface area (Å²) < 4.78 is 12.9. The summed E-state index contributed by atoms with van der Waals surface area (Å²) in [7, 11) is -0.724. The van der Waals surface area contributed by atoms with Gasteiger partial charge in [0.1, 0.15) is 0 Å². The molecule has 0 aliphatic heterocycles. The van der Waals surface area contributed by atoms with E-state index >= 15 is 0 Å². The standard InChI is InChI=1S/C16H33NOS/c1-7-11-17-15-14(9-8-10-16(15,5)6)19(18)13(4)12(2)3/h12-15,17H,7-11H2,1-6H3. The Balaban J connectivity index is 2.85. The second-order valence-electron chi connectivity index (χ2n) is 7.13. The Hall–Kier alpha value is 0.110. The van der Waals surface area contributed by atoms with Crippen LogP contribution < -0.4 is 5.32 Å². The van der Waals surface area contributed by atoms with Crippen LogP contribution in [-0.2, 0) is 10.8 Å². The molecule has 3 heteroatoms. The molecule has 1 aliphatic rings. The van der Waals surface area contributed by atoms with Crippen LogP contribution in [-0.4, -0.2) is 27.3 Å². The van der Waals surface area contributed by atoms with Crippen LogP contribution >= 0.6 is 0 Å². The van der Waals surface area contributed by atoms with Gasteiger partial charge in [-0.15, -0.1) is 0 Å². The number of hydrogen-bond donors (Lipinski definition) is 1. The van der Waals surface area contributed by atoms with Crippen molar-refractivity contribution >= 4 is 10.8 Å². The molecular formula is C16H33NOS. The Labute approximate surface area is 122 Å². The van der Waals surface area contributed by atoms with Crippen LogP contribution in [0.25, 0.3) is 0 Å². The molecule has 1 saturated carbocycles. The van der Waals surface area contributed by atoms with Crippen LogP contribution in [0.3, 0.4) is 0 Å². The molecule has 2 nitrogen and oxygen atoms in total. The van der Waals surface area contributed by atoms with Gasteiger partial charge < -0.3 is 5.32 Å². The molecule has 4 atom stereocenters. The normalized spacial score (nSPS) is 30.3. The molecule has 0 radical (unpaired) electrons. The monoisotopic (exact) mass is 287 g/mol.